The van der Waals surface area contributed by atoms with E-state index in [1.54, 1.807) is 37.4 Å². The van der Waals surface area contributed by atoms with Gasteiger partial charge in [-0.25, -0.2) is 19.7 Å². The van der Waals surface area contributed by atoms with E-state index in [1.165, 1.54) is 23.1 Å². The van der Waals surface area contributed by atoms with Crippen LogP contribution in [0.3, 0.4) is 0 Å². The number of carbonyl (C=O) groups excluding carboxylic acids is 3. The van der Waals surface area contributed by atoms with Gasteiger partial charge in [-0.05, 0) is 36.8 Å². The van der Waals surface area contributed by atoms with Gasteiger partial charge in [-0.3, -0.25) is 9.59 Å². The molecule has 1 aliphatic rings. The molecule has 146 valence electrons. The average Bonchev–Trinajstić information content (AvgIpc) is 3.34. The van der Waals surface area contributed by atoms with Gasteiger partial charge in [-0.2, -0.15) is 0 Å². The van der Waals surface area contributed by atoms with Gasteiger partial charge in [0.15, 0.2) is 12.6 Å². The summed E-state index contributed by atoms with van der Waals surface area (Å²) in [5, 5.41) is 2.41. The number of amides is 2. The number of imide groups is 1. The molecule has 29 heavy (non-hydrogen) atoms. The zero-order valence-corrected chi connectivity index (χ0v) is 17.2. The highest BCUT2D eigenvalue weighted by Crippen LogP contribution is 2.28. The maximum Gasteiger partial charge on any atom is 0.344 e. The van der Waals surface area contributed by atoms with Crippen molar-refractivity contribution in [2.24, 2.45) is 0 Å². The standard InChI is InChI=1S/C20H15N3O4S2/c1-11-15(17(28-2)22-16(21-11)14-8-5-9-29-14)20(26)27-10-23-18(24)12-6-3-4-7-13(12)19(23)25/h3-9H,10H2,1-2H3. The van der Waals surface area contributed by atoms with Gasteiger partial charge in [-0.15, -0.1) is 23.1 Å². The fourth-order valence-corrected chi connectivity index (χ4v) is 4.27. The molecule has 4 rings (SSSR count). The van der Waals surface area contributed by atoms with E-state index in [2.05, 4.69) is 9.97 Å². The van der Waals surface area contributed by atoms with E-state index in [0.29, 0.717) is 27.7 Å². The lowest BCUT2D eigenvalue weighted by atomic mass is 10.1. The molecule has 0 spiro atoms. The Morgan fingerprint density at radius 3 is 2.38 bits per heavy atom. The molecule has 0 bridgehead atoms. The van der Waals surface area contributed by atoms with Crippen molar-refractivity contribution in [1.82, 2.24) is 14.9 Å². The van der Waals surface area contributed by atoms with Crippen molar-refractivity contribution in [3.63, 3.8) is 0 Å². The Balaban J connectivity index is 1.55. The number of aromatic nitrogens is 2. The van der Waals surface area contributed by atoms with Gasteiger partial charge in [0.05, 0.1) is 21.7 Å². The quantitative estimate of drug-likeness (QED) is 0.267. The second-order valence-electron chi connectivity index (χ2n) is 6.14. The molecule has 0 saturated heterocycles. The van der Waals surface area contributed by atoms with Gasteiger partial charge in [0, 0.05) is 0 Å². The number of ether oxygens (including phenoxy) is 1. The van der Waals surface area contributed by atoms with E-state index in [4.69, 9.17) is 4.74 Å². The van der Waals surface area contributed by atoms with Crippen LogP contribution in [0.15, 0.2) is 46.8 Å². The van der Waals surface area contributed by atoms with Crippen LogP contribution in [-0.4, -0.2) is 45.6 Å². The SMILES string of the molecule is CSc1nc(-c2cccs2)nc(C)c1C(=O)OCN1C(=O)c2ccccc2C1=O. The van der Waals surface area contributed by atoms with Gasteiger partial charge in [0.1, 0.15) is 10.6 Å². The number of thiophene rings is 1. The third-order valence-electron chi connectivity index (χ3n) is 4.40. The molecule has 1 aromatic carbocycles. The van der Waals surface area contributed by atoms with Crippen molar-refractivity contribution in [1.29, 1.82) is 0 Å². The molecule has 2 aromatic heterocycles. The molecule has 3 heterocycles. The Morgan fingerprint density at radius 2 is 1.79 bits per heavy atom. The lowest BCUT2D eigenvalue weighted by Gasteiger charge is -2.15. The van der Waals surface area contributed by atoms with Crippen LogP contribution < -0.4 is 0 Å². The molecule has 0 radical (unpaired) electrons. The molecule has 1 aliphatic heterocycles. The molecule has 0 atom stereocenters. The number of benzene rings is 1. The highest BCUT2D eigenvalue weighted by molar-refractivity contribution is 7.98. The van der Waals surface area contributed by atoms with Crippen LogP contribution in [0.5, 0.6) is 0 Å². The van der Waals surface area contributed by atoms with Crippen molar-refractivity contribution >= 4 is 40.9 Å². The Morgan fingerprint density at radius 1 is 1.10 bits per heavy atom. The first kappa shape index (κ1) is 19.3. The highest BCUT2D eigenvalue weighted by Gasteiger charge is 2.36. The van der Waals surface area contributed by atoms with Crippen LogP contribution in [0.2, 0.25) is 0 Å². The Labute approximate surface area is 174 Å². The van der Waals surface area contributed by atoms with Crippen LogP contribution in [-0.2, 0) is 4.74 Å². The third-order valence-corrected chi connectivity index (χ3v) is 5.95. The fourth-order valence-electron chi connectivity index (χ4n) is 3.00. The van der Waals surface area contributed by atoms with Gasteiger partial charge >= 0.3 is 5.97 Å². The van der Waals surface area contributed by atoms with Gasteiger partial charge in [-0.1, -0.05) is 18.2 Å². The summed E-state index contributed by atoms with van der Waals surface area (Å²) in [6, 6.07) is 10.3. The molecule has 7 nitrogen and oxygen atoms in total. The molecule has 0 fully saturated rings. The molecular weight excluding hydrogens is 410 g/mol. The van der Waals surface area contributed by atoms with Crippen LogP contribution in [0.25, 0.3) is 10.7 Å². The number of hydrogen-bond donors (Lipinski definition) is 0. The summed E-state index contributed by atoms with van der Waals surface area (Å²) in [5.41, 5.74) is 1.31. The van der Waals surface area contributed by atoms with E-state index in [1.807, 2.05) is 17.5 Å². The predicted molar refractivity (Wildman–Crippen MR) is 109 cm³/mol. The molecule has 0 aliphatic carbocycles. The van der Waals surface area contributed by atoms with Crippen molar-refractivity contribution in [3.05, 3.63) is 64.2 Å². The third kappa shape index (κ3) is 3.43. The van der Waals surface area contributed by atoms with Crippen molar-refractivity contribution < 1.29 is 19.1 Å². The molecule has 0 N–H and O–H groups in total. The summed E-state index contributed by atoms with van der Waals surface area (Å²) >= 11 is 2.81. The van der Waals surface area contributed by atoms with E-state index in [0.717, 1.165) is 9.78 Å². The van der Waals surface area contributed by atoms with Crippen molar-refractivity contribution in [2.75, 3.05) is 13.0 Å². The summed E-state index contributed by atoms with van der Waals surface area (Å²) in [5.74, 6) is -1.10. The first-order valence-electron chi connectivity index (χ1n) is 8.60. The second kappa shape index (κ2) is 7.76. The zero-order valence-electron chi connectivity index (χ0n) is 15.5. The Hall–Kier alpha value is -3.04. The summed E-state index contributed by atoms with van der Waals surface area (Å²) in [6.45, 7) is 1.24. The minimum Gasteiger partial charge on any atom is -0.440 e. The summed E-state index contributed by atoms with van der Waals surface area (Å²) < 4.78 is 5.29. The van der Waals surface area contributed by atoms with Crippen LogP contribution in [0.1, 0.15) is 36.8 Å². The highest BCUT2D eigenvalue weighted by atomic mass is 32.2. The predicted octanol–water partition coefficient (Wildman–Crippen LogP) is 3.65. The Kier molecular flexibility index (Phi) is 5.16. The smallest absolute Gasteiger partial charge is 0.344 e. The monoisotopic (exact) mass is 425 g/mol. The minimum absolute atomic E-state index is 0.231. The van der Waals surface area contributed by atoms with E-state index >= 15 is 0 Å². The summed E-state index contributed by atoms with van der Waals surface area (Å²) in [6.07, 6.45) is 1.81. The molecular formula is C20H15N3O4S2. The van der Waals surface area contributed by atoms with E-state index in [-0.39, 0.29) is 5.56 Å². The van der Waals surface area contributed by atoms with Crippen LogP contribution in [0, 0.1) is 6.92 Å². The number of carbonyl (C=O) groups is 3. The minimum atomic E-state index is -0.680. The lowest BCUT2D eigenvalue weighted by molar-refractivity contribution is 0.0224. The van der Waals surface area contributed by atoms with Gasteiger partial charge in [0.25, 0.3) is 11.8 Å². The van der Waals surface area contributed by atoms with E-state index < -0.39 is 24.5 Å². The molecule has 9 heteroatoms. The molecule has 3 aromatic rings. The zero-order chi connectivity index (χ0) is 20.5. The first-order valence-corrected chi connectivity index (χ1v) is 10.7. The number of fused-ring (bicyclic) bond motifs is 1. The van der Waals surface area contributed by atoms with E-state index in [9.17, 15) is 14.4 Å². The molecule has 0 saturated carbocycles. The largest absolute Gasteiger partial charge is 0.440 e. The lowest BCUT2D eigenvalue weighted by Crippen LogP contribution is -2.33. The Bertz CT molecular complexity index is 1090. The van der Waals surface area contributed by atoms with Crippen LogP contribution >= 0.6 is 23.1 Å². The number of aryl methyl sites for hydroxylation is 1. The summed E-state index contributed by atoms with van der Waals surface area (Å²) in [7, 11) is 0. The second-order valence-corrected chi connectivity index (χ2v) is 7.88. The maximum atomic E-state index is 12.7. The van der Waals surface area contributed by atoms with Gasteiger partial charge < -0.3 is 4.74 Å². The first-order chi connectivity index (χ1) is 14.0. The molecule has 0 unspecified atom stereocenters. The van der Waals surface area contributed by atoms with Crippen molar-refractivity contribution in [2.45, 2.75) is 11.9 Å². The number of esters is 1. The topological polar surface area (TPSA) is 89.5 Å². The fraction of sp³-hybridized carbons (Fsp3) is 0.150. The number of hydrogen-bond acceptors (Lipinski definition) is 8. The molecule has 2 amide bonds. The average molecular weight is 425 g/mol. The maximum absolute atomic E-state index is 12.7. The normalized spacial score (nSPS) is 13.0. The number of thioether (sulfide) groups is 1. The van der Waals surface area contributed by atoms with Gasteiger partial charge in [0.2, 0.25) is 0 Å². The van der Waals surface area contributed by atoms with Crippen molar-refractivity contribution in [3.8, 4) is 10.7 Å². The number of nitrogens with zero attached hydrogens (tertiary/aromatic N) is 3. The summed E-state index contributed by atoms with van der Waals surface area (Å²) in [4.78, 5) is 48.2. The number of rotatable bonds is 5. The van der Waals surface area contributed by atoms with Crippen LogP contribution in [0.4, 0.5) is 0 Å².